The van der Waals surface area contributed by atoms with Crippen LogP contribution in [0.25, 0.3) is 16.9 Å². The molecule has 3 heterocycles. The first-order valence-electron chi connectivity index (χ1n) is 7.71. The number of nitro groups is 1. The van der Waals surface area contributed by atoms with Crippen molar-refractivity contribution in [1.29, 1.82) is 0 Å². The largest absolute Gasteiger partial charge is 0.312 e. The molecule has 0 amide bonds. The van der Waals surface area contributed by atoms with Crippen LogP contribution in [0.2, 0.25) is 0 Å². The predicted octanol–water partition coefficient (Wildman–Crippen LogP) is 2.49. The second-order valence-electron chi connectivity index (χ2n) is 5.63. The number of rotatable bonds is 3. The number of hydrogen-bond donors (Lipinski definition) is 1. The molecule has 0 fully saturated rings. The van der Waals surface area contributed by atoms with Crippen molar-refractivity contribution in [3.63, 3.8) is 0 Å². The Labute approximate surface area is 138 Å². The standard InChI is InChI=1S/C17H15N5O2/c23-22(24)14-3-1-2-13(10-14)21-16-6-9-19-11-15(16)17(20-21)12-4-7-18-8-5-12/h1-5,7-8,10,19H,6,9,11H2. The molecule has 0 saturated carbocycles. The fourth-order valence-electron chi connectivity index (χ4n) is 3.04. The third-order valence-corrected chi connectivity index (χ3v) is 4.17. The van der Waals surface area contributed by atoms with E-state index >= 15 is 0 Å². The van der Waals surface area contributed by atoms with E-state index in [9.17, 15) is 10.1 Å². The monoisotopic (exact) mass is 321 g/mol. The average Bonchev–Trinajstić information content (AvgIpc) is 3.02. The lowest BCUT2D eigenvalue weighted by Crippen LogP contribution is -2.24. The zero-order valence-electron chi connectivity index (χ0n) is 12.8. The summed E-state index contributed by atoms with van der Waals surface area (Å²) in [6, 6.07) is 10.4. The van der Waals surface area contributed by atoms with E-state index in [0.717, 1.165) is 42.0 Å². The minimum absolute atomic E-state index is 0.0659. The summed E-state index contributed by atoms with van der Waals surface area (Å²) in [5.41, 5.74) is 4.90. The van der Waals surface area contributed by atoms with Gasteiger partial charge < -0.3 is 5.32 Å². The lowest BCUT2D eigenvalue weighted by atomic mass is 10.0. The fraction of sp³-hybridized carbons (Fsp3) is 0.176. The Kier molecular flexibility index (Phi) is 3.55. The fourth-order valence-corrected chi connectivity index (χ4v) is 3.04. The molecule has 1 aromatic carbocycles. The Morgan fingerprint density at radius 3 is 2.83 bits per heavy atom. The lowest BCUT2D eigenvalue weighted by Gasteiger charge is -2.15. The van der Waals surface area contributed by atoms with Gasteiger partial charge in [0.2, 0.25) is 0 Å². The first-order chi connectivity index (χ1) is 11.7. The molecule has 7 nitrogen and oxygen atoms in total. The minimum atomic E-state index is -0.384. The molecule has 0 aliphatic carbocycles. The number of aromatic nitrogens is 3. The van der Waals surface area contributed by atoms with Crippen LogP contribution >= 0.6 is 0 Å². The molecule has 0 saturated heterocycles. The highest BCUT2D eigenvalue weighted by atomic mass is 16.6. The van der Waals surface area contributed by atoms with Crippen LogP contribution in [0, 0.1) is 10.1 Å². The first-order valence-corrected chi connectivity index (χ1v) is 7.71. The molecular formula is C17H15N5O2. The summed E-state index contributed by atoms with van der Waals surface area (Å²) in [7, 11) is 0. The maximum absolute atomic E-state index is 11.1. The molecule has 1 aliphatic rings. The SMILES string of the molecule is O=[N+]([O-])c1cccc(-n2nc(-c3ccncc3)c3c2CCNC3)c1. The van der Waals surface area contributed by atoms with Gasteiger partial charge in [0, 0.05) is 55.2 Å². The Hall–Kier alpha value is -3.06. The van der Waals surface area contributed by atoms with E-state index < -0.39 is 0 Å². The van der Waals surface area contributed by atoms with Crippen molar-refractivity contribution in [2.75, 3.05) is 6.54 Å². The van der Waals surface area contributed by atoms with Gasteiger partial charge in [-0.2, -0.15) is 5.10 Å². The molecule has 3 aromatic rings. The van der Waals surface area contributed by atoms with Crippen molar-refractivity contribution in [2.24, 2.45) is 0 Å². The molecule has 7 heteroatoms. The van der Waals surface area contributed by atoms with Crippen molar-refractivity contribution in [3.8, 4) is 16.9 Å². The van der Waals surface area contributed by atoms with E-state index in [0.29, 0.717) is 5.69 Å². The number of pyridine rings is 1. The molecule has 0 spiro atoms. The normalized spacial score (nSPS) is 13.5. The Balaban J connectivity index is 1.89. The van der Waals surface area contributed by atoms with E-state index in [2.05, 4.69) is 10.3 Å². The highest BCUT2D eigenvalue weighted by molar-refractivity contribution is 5.65. The van der Waals surface area contributed by atoms with E-state index in [1.807, 2.05) is 22.9 Å². The van der Waals surface area contributed by atoms with E-state index in [1.54, 1.807) is 24.5 Å². The average molecular weight is 321 g/mol. The van der Waals surface area contributed by atoms with Crippen molar-refractivity contribution in [1.82, 2.24) is 20.1 Å². The lowest BCUT2D eigenvalue weighted by molar-refractivity contribution is -0.384. The number of fused-ring (bicyclic) bond motifs is 1. The molecule has 24 heavy (non-hydrogen) atoms. The van der Waals surface area contributed by atoms with Gasteiger partial charge in [-0.3, -0.25) is 15.1 Å². The van der Waals surface area contributed by atoms with Crippen LogP contribution in [0.5, 0.6) is 0 Å². The predicted molar refractivity (Wildman–Crippen MR) is 88.9 cm³/mol. The summed E-state index contributed by atoms with van der Waals surface area (Å²) in [5.74, 6) is 0. The van der Waals surface area contributed by atoms with Crippen molar-refractivity contribution in [2.45, 2.75) is 13.0 Å². The van der Waals surface area contributed by atoms with Gasteiger partial charge in [-0.1, -0.05) is 6.07 Å². The van der Waals surface area contributed by atoms with Gasteiger partial charge in [0.1, 0.15) is 0 Å². The summed E-state index contributed by atoms with van der Waals surface area (Å²) in [6.07, 6.45) is 4.31. The van der Waals surface area contributed by atoms with Crippen molar-refractivity contribution < 1.29 is 4.92 Å². The highest BCUT2D eigenvalue weighted by Crippen LogP contribution is 2.30. The molecule has 120 valence electrons. The van der Waals surface area contributed by atoms with Crippen molar-refractivity contribution in [3.05, 3.63) is 70.2 Å². The molecule has 0 radical (unpaired) electrons. The topological polar surface area (TPSA) is 85.9 Å². The van der Waals surface area contributed by atoms with Crippen LogP contribution in [0.15, 0.2) is 48.8 Å². The summed E-state index contributed by atoms with van der Waals surface area (Å²) in [4.78, 5) is 14.7. The second-order valence-corrected chi connectivity index (χ2v) is 5.63. The van der Waals surface area contributed by atoms with Gasteiger partial charge in [-0.05, 0) is 18.2 Å². The maximum atomic E-state index is 11.1. The maximum Gasteiger partial charge on any atom is 0.271 e. The summed E-state index contributed by atoms with van der Waals surface area (Å²) < 4.78 is 1.83. The Morgan fingerprint density at radius 2 is 2.04 bits per heavy atom. The molecular weight excluding hydrogens is 306 g/mol. The molecule has 1 aliphatic heterocycles. The molecule has 0 unspecified atom stereocenters. The zero-order chi connectivity index (χ0) is 16.5. The molecule has 0 atom stereocenters. The molecule has 2 aromatic heterocycles. The van der Waals surface area contributed by atoms with Crippen LogP contribution in [0.1, 0.15) is 11.3 Å². The zero-order valence-corrected chi connectivity index (χ0v) is 12.8. The molecule has 4 rings (SSSR count). The number of nitrogens with one attached hydrogen (secondary N) is 1. The van der Waals surface area contributed by atoms with E-state index in [1.165, 1.54) is 6.07 Å². The van der Waals surface area contributed by atoms with E-state index in [4.69, 9.17) is 5.10 Å². The number of nitro benzene ring substituents is 1. The van der Waals surface area contributed by atoms with Crippen LogP contribution in [-0.4, -0.2) is 26.2 Å². The van der Waals surface area contributed by atoms with Crippen LogP contribution < -0.4 is 5.32 Å². The summed E-state index contributed by atoms with van der Waals surface area (Å²) in [6.45, 7) is 1.60. The first kappa shape index (κ1) is 14.5. The van der Waals surface area contributed by atoms with Gasteiger partial charge in [0.15, 0.2) is 0 Å². The van der Waals surface area contributed by atoms with Crippen LogP contribution in [0.4, 0.5) is 5.69 Å². The minimum Gasteiger partial charge on any atom is -0.312 e. The smallest absolute Gasteiger partial charge is 0.271 e. The Bertz CT molecular complexity index is 905. The van der Waals surface area contributed by atoms with E-state index in [-0.39, 0.29) is 10.6 Å². The third kappa shape index (κ3) is 2.44. The number of benzene rings is 1. The molecule has 0 bridgehead atoms. The number of nitrogens with zero attached hydrogens (tertiary/aromatic N) is 4. The second kappa shape index (κ2) is 5.86. The highest BCUT2D eigenvalue weighted by Gasteiger charge is 2.23. The Morgan fingerprint density at radius 1 is 1.21 bits per heavy atom. The summed E-state index contributed by atoms with van der Waals surface area (Å²) in [5, 5.41) is 19.2. The van der Waals surface area contributed by atoms with Gasteiger partial charge in [-0.25, -0.2) is 4.68 Å². The quantitative estimate of drug-likeness (QED) is 0.591. The number of non-ortho nitro benzene ring substituents is 1. The number of hydrogen-bond acceptors (Lipinski definition) is 5. The van der Waals surface area contributed by atoms with Crippen LogP contribution in [-0.2, 0) is 13.0 Å². The van der Waals surface area contributed by atoms with Gasteiger partial charge >= 0.3 is 0 Å². The van der Waals surface area contributed by atoms with Crippen molar-refractivity contribution >= 4 is 5.69 Å². The van der Waals surface area contributed by atoms with Gasteiger partial charge in [0.25, 0.3) is 5.69 Å². The van der Waals surface area contributed by atoms with Gasteiger partial charge in [0.05, 0.1) is 22.0 Å². The molecule has 1 N–H and O–H groups in total. The summed E-state index contributed by atoms with van der Waals surface area (Å²) >= 11 is 0. The van der Waals surface area contributed by atoms with Gasteiger partial charge in [-0.15, -0.1) is 0 Å². The van der Waals surface area contributed by atoms with Crippen LogP contribution in [0.3, 0.4) is 0 Å². The third-order valence-electron chi connectivity index (χ3n) is 4.17.